The molecule has 4 nitrogen and oxygen atoms in total. The van der Waals surface area contributed by atoms with Gasteiger partial charge in [-0.25, -0.2) is 4.98 Å². The number of pyridine rings is 1. The van der Waals surface area contributed by atoms with Crippen molar-refractivity contribution in [3.8, 4) is 11.1 Å². The van der Waals surface area contributed by atoms with E-state index in [2.05, 4.69) is 29.4 Å². The first-order valence-corrected chi connectivity index (χ1v) is 7.24. The van der Waals surface area contributed by atoms with Crippen LogP contribution < -0.4 is 11.1 Å². The highest BCUT2D eigenvalue weighted by atomic mass is 16.2. The third kappa shape index (κ3) is 3.11. The zero-order chi connectivity index (χ0) is 14.8. The largest absolute Gasteiger partial charge is 0.326 e. The van der Waals surface area contributed by atoms with E-state index in [-0.39, 0.29) is 11.8 Å². The second-order valence-corrected chi connectivity index (χ2v) is 5.54. The van der Waals surface area contributed by atoms with Gasteiger partial charge in [0.25, 0.3) is 0 Å². The van der Waals surface area contributed by atoms with Gasteiger partial charge < -0.3 is 11.1 Å². The van der Waals surface area contributed by atoms with E-state index in [0.29, 0.717) is 12.4 Å². The Morgan fingerprint density at radius 1 is 1.29 bits per heavy atom. The maximum Gasteiger partial charge on any atom is 0.228 e. The highest BCUT2D eigenvalue weighted by molar-refractivity contribution is 5.93. The van der Waals surface area contributed by atoms with Crippen LogP contribution in [0.1, 0.15) is 24.0 Å². The number of amides is 1. The number of anilines is 1. The smallest absolute Gasteiger partial charge is 0.228 e. The first-order chi connectivity index (χ1) is 10.2. The van der Waals surface area contributed by atoms with Gasteiger partial charge >= 0.3 is 0 Å². The molecule has 1 amide bonds. The van der Waals surface area contributed by atoms with Crippen molar-refractivity contribution >= 4 is 11.7 Å². The van der Waals surface area contributed by atoms with Crippen molar-refractivity contribution < 1.29 is 4.79 Å². The Bertz CT molecular complexity index is 677. The third-order valence-corrected chi connectivity index (χ3v) is 3.86. The molecule has 4 heteroatoms. The highest BCUT2D eigenvalue weighted by Crippen LogP contribution is 2.30. The first kappa shape index (κ1) is 13.8. The number of nitrogens with zero attached hydrogens (tertiary/aromatic N) is 1. The van der Waals surface area contributed by atoms with Crippen molar-refractivity contribution in [3.63, 3.8) is 0 Å². The topological polar surface area (TPSA) is 68.0 Å². The molecule has 3 rings (SSSR count). The monoisotopic (exact) mass is 281 g/mol. The van der Waals surface area contributed by atoms with Crippen LogP contribution in [-0.4, -0.2) is 10.9 Å². The molecule has 1 saturated carbocycles. The number of benzene rings is 1. The Hall–Kier alpha value is -2.20. The van der Waals surface area contributed by atoms with E-state index in [1.54, 1.807) is 6.20 Å². The van der Waals surface area contributed by atoms with Crippen molar-refractivity contribution in [2.45, 2.75) is 26.3 Å². The molecule has 108 valence electrons. The molecule has 0 atom stereocenters. The van der Waals surface area contributed by atoms with E-state index in [1.807, 2.05) is 18.2 Å². The van der Waals surface area contributed by atoms with Crippen molar-refractivity contribution in [1.82, 2.24) is 4.98 Å². The Morgan fingerprint density at radius 2 is 2.05 bits per heavy atom. The molecule has 0 spiro atoms. The summed E-state index contributed by atoms with van der Waals surface area (Å²) >= 11 is 0. The van der Waals surface area contributed by atoms with Gasteiger partial charge in [-0.2, -0.15) is 0 Å². The van der Waals surface area contributed by atoms with Gasteiger partial charge in [-0.05, 0) is 54.2 Å². The maximum absolute atomic E-state index is 11.8. The Kier molecular flexibility index (Phi) is 3.71. The molecule has 2 aromatic rings. The molecule has 0 bridgehead atoms. The van der Waals surface area contributed by atoms with Crippen LogP contribution in [0.4, 0.5) is 5.82 Å². The molecule has 3 N–H and O–H groups in total. The molecule has 0 unspecified atom stereocenters. The summed E-state index contributed by atoms with van der Waals surface area (Å²) < 4.78 is 0. The van der Waals surface area contributed by atoms with Gasteiger partial charge in [0.2, 0.25) is 5.91 Å². The summed E-state index contributed by atoms with van der Waals surface area (Å²) in [5, 5.41) is 2.88. The molecule has 1 fully saturated rings. The van der Waals surface area contributed by atoms with Crippen molar-refractivity contribution in [1.29, 1.82) is 0 Å². The Balaban J connectivity index is 1.84. The molecule has 21 heavy (non-hydrogen) atoms. The van der Waals surface area contributed by atoms with Crippen LogP contribution in [0.2, 0.25) is 0 Å². The van der Waals surface area contributed by atoms with Crippen LogP contribution in [0, 0.1) is 12.8 Å². The number of hydrogen-bond acceptors (Lipinski definition) is 3. The molecule has 1 aliphatic rings. The normalized spacial score (nSPS) is 14.0. The third-order valence-electron chi connectivity index (χ3n) is 3.86. The fraction of sp³-hybridized carbons (Fsp3) is 0.294. The van der Waals surface area contributed by atoms with Crippen LogP contribution in [0.15, 0.2) is 36.5 Å². The Labute approximate surface area is 124 Å². The summed E-state index contributed by atoms with van der Waals surface area (Å²) in [4.78, 5) is 16.0. The lowest BCUT2D eigenvalue weighted by Crippen LogP contribution is -2.14. The second-order valence-electron chi connectivity index (χ2n) is 5.54. The van der Waals surface area contributed by atoms with Gasteiger partial charge in [0.15, 0.2) is 0 Å². The lowest BCUT2D eigenvalue weighted by atomic mass is 10.0. The second kappa shape index (κ2) is 5.66. The predicted molar refractivity (Wildman–Crippen MR) is 83.7 cm³/mol. The lowest BCUT2D eigenvalue weighted by Gasteiger charge is -2.09. The average molecular weight is 281 g/mol. The molecular weight excluding hydrogens is 262 g/mol. The average Bonchev–Trinajstić information content (AvgIpc) is 3.32. The van der Waals surface area contributed by atoms with Gasteiger partial charge in [-0.1, -0.05) is 18.2 Å². The maximum atomic E-state index is 11.8. The molecule has 0 radical (unpaired) electrons. The standard InChI is InChI=1S/C17H19N3O/c1-11-8-13(4-5-15(11)10-18)14-6-7-19-16(9-14)20-17(21)12-2-3-12/h4-9,12H,2-3,10,18H2,1H3,(H,19,20,21). The quantitative estimate of drug-likeness (QED) is 0.905. The van der Waals surface area contributed by atoms with Gasteiger partial charge in [-0.3, -0.25) is 4.79 Å². The van der Waals surface area contributed by atoms with E-state index < -0.39 is 0 Å². The van der Waals surface area contributed by atoms with Crippen LogP contribution >= 0.6 is 0 Å². The van der Waals surface area contributed by atoms with Gasteiger partial charge in [-0.15, -0.1) is 0 Å². The minimum atomic E-state index is 0.0781. The van der Waals surface area contributed by atoms with E-state index in [0.717, 1.165) is 29.5 Å². The molecule has 1 aliphatic carbocycles. The van der Waals surface area contributed by atoms with E-state index in [4.69, 9.17) is 5.73 Å². The zero-order valence-corrected chi connectivity index (χ0v) is 12.1. The van der Waals surface area contributed by atoms with Crippen molar-refractivity contribution in [2.75, 3.05) is 5.32 Å². The van der Waals surface area contributed by atoms with E-state index >= 15 is 0 Å². The number of carbonyl (C=O) groups excluding carboxylic acids is 1. The van der Waals surface area contributed by atoms with Crippen LogP contribution in [-0.2, 0) is 11.3 Å². The number of hydrogen-bond donors (Lipinski definition) is 2. The minimum absolute atomic E-state index is 0.0781. The predicted octanol–water partition coefficient (Wildman–Crippen LogP) is 2.86. The van der Waals surface area contributed by atoms with Crippen molar-refractivity contribution in [3.05, 3.63) is 47.7 Å². The van der Waals surface area contributed by atoms with Crippen LogP contribution in [0.25, 0.3) is 11.1 Å². The highest BCUT2D eigenvalue weighted by Gasteiger charge is 2.29. The number of rotatable bonds is 4. The first-order valence-electron chi connectivity index (χ1n) is 7.24. The van der Waals surface area contributed by atoms with E-state index in [1.165, 1.54) is 5.56 Å². The zero-order valence-electron chi connectivity index (χ0n) is 12.1. The number of carbonyl (C=O) groups is 1. The fourth-order valence-corrected chi connectivity index (χ4v) is 2.36. The molecular formula is C17H19N3O. The summed E-state index contributed by atoms with van der Waals surface area (Å²) in [7, 11) is 0. The lowest BCUT2D eigenvalue weighted by molar-refractivity contribution is -0.117. The number of nitrogens with one attached hydrogen (secondary N) is 1. The molecule has 1 heterocycles. The molecule has 0 aliphatic heterocycles. The number of aryl methyl sites for hydroxylation is 1. The summed E-state index contributed by atoms with van der Waals surface area (Å²) in [6.07, 6.45) is 3.71. The van der Waals surface area contributed by atoms with E-state index in [9.17, 15) is 4.79 Å². The summed E-state index contributed by atoms with van der Waals surface area (Å²) in [5.41, 5.74) is 10.2. The summed E-state index contributed by atoms with van der Waals surface area (Å²) in [5.74, 6) is 0.876. The number of nitrogens with two attached hydrogens (primary N) is 1. The van der Waals surface area contributed by atoms with Crippen LogP contribution in [0.5, 0.6) is 0 Å². The molecule has 1 aromatic heterocycles. The summed E-state index contributed by atoms with van der Waals surface area (Å²) in [6, 6.07) is 10.1. The number of aromatic nitrogens is 1. The molecule has 1 aromatic carbocycles. The summed E-state index contributed by atoms with van der Waals surface area (Å²) in [6.45, 7) is 2.60. The minimum Gasteiger partial charge on any atom is -0.326 e. The van der Waals surface area contributed by atoms with Gasteiger partial charge in [0, 0.05) is 18.7 Å². The SMILES string of the molecule is Cc1cc(-c2ccnc(NC(=O)C3CC3)c2)ccc1CN. The Morgan fingerprint density at radius 3 is 2.71 bits per heavy atom. The van der Waals surface area contributed by atoms with Gasteiger partial charge in [0.1, 0.15) is 5.82 Å². The fourth-order valence-electron chi connectivity index (χ4n) is 2.36. The van der Waals surface area contributed by atoms with Crippen LogP contribution in [0.3, 0.4) is 0 Å². The van der Waals surface area contributed by atoms with Crippen molar-refractivity contribution in [2.24, 2.45) is 11.7 Å². The molecule has 0 saturated heterocycles. The van der Waals surface area contributed by atoms with Gasteiger partial charge in [0.05, 0.1) is 0 Å².